The van der Waals surface area contributed by atoms with Crippen LogP contribution in [0, 0.1) is 5.92 Å². The van der Waals surface area contributed by atoms with Crippen molar-refractivity contribution >= 4 is 50.7 Å². The second-order valence-electron chi connectivity index (χ2n) is 11.7. The first-order valence-electron chi connectivity index (χ1n) is 15.5. The summed E-state index contributed by atoms with van der Waals surface area (Å²) < 4.78 is 1.11. The van der Waals surface area contributed by atoms with Crippen molar-refractivity contribution in [2.75, 3.05) is 4.90 Å². The maximum Gasteiger partial charge on any atom is 0.250 e. The fraction of sp³-hybridized carbons (Fsp3) is 0.394. The van der Waals surface area contributed by atoms with Gasteiger partial charge in [0.15, 0.2) is 0 Å². The van der Waals surface area contributed by atoms with Gasteiger partial charge in [0.1, 0.15) is 23.8 Å². The second kappa shape index (κ2) is 13.2. The minimum Gasteiger partial charge on any atom is -0.348 e. The summed E-state index contributed by atoms with van der Waals surface area (Å²) >= 11 is 1.59. The molecule has 0 aliphatic carbocycles. The van der Waals surface area contributed by atoms with Crippen molar-refractivity contribution in [1.29, 1.82) is 0 Å². The SMILES string of the molecule is CCC(CC)[C@H](NC(=O)Cc1csc2ccccc12)C(=O)N[C@H]1CCc2cccc3c2N(C1=O)[C@H](C(=O)NCc1cn[nH]n1)C3. The van der Waals surface area contributed by atoms with E-state index in [0.717, 1.165) is 32.5 Å². The molecule has 2 aromatic heterocycles. The van der Waals surface area contributed by atoms with E-state index in [4.69, 9.17) is 0 Å². The van der Waals surface area contributed by atoms with E-state index in [0.29, 0.717) is 37.8 Å². The molecule has 0 unspecified atom stereocenters. The quantitative estimate of drug-likeness (QED) is 0.201. The van der Waals surface area contributed by atoms with Gasteiger partial charge in [0.2, 0.25) is 23.6 Å². The summed E-state index contributed by atoms with van der Waals surface area (Å²) in [6, 6.07) is 11.4. The van der Waals surface area contributed by atoms with Gasteiger partial charge in [-0.05, 0) is 52.3 Å². The standard InChI is InChI=1S/C33H37N7O4S/c1-3-19(4-2)29(37-28(41)15-22-18-45-27-11-6-5-10-24(22)27)32(43)36-25-13-12-20-8-7-9-21-14-26(40(30(20)21)33(25)44)31(42)34-16-23-17-35-39-38-23/h5-11,17-19,25-26,29H,3-4,12-16H2,1-2H3,(H,34,42)(H,36,43)(H,37,41)(H,35,38,39)/t25-,26-,29-/m0/s1. The molecule has 2 aliphatic heterocycles. The molecule has 0 fully saturated rings. The first-order chi connectivity index (χ1) is 21.9. The van der Waals surface area contributed by atoms with Crippen molar-refractivity contribution in [3.63, 3.8) is 0 Å². The van der Waals surface area contributed by atoms with Crippen molar-refractivity contribution < 1.29 is 19.2 Å². The average molecular weight is 628 g/mol. The fourth-order valence-electron chi connectivity index (χ4n) is 6.57. The van der Waals surface area contributed by atoms with Crippen LogP contribution in [-0.2, 0) is 45.0 Å². The summed E-state index contributed by atoms with van der Waals surface area (Å²) in [7, 11) is 0. The molecular weight excluding hydrogens is 590 g/mol. The number of aromatic nitrogens is 3. The van der Waals surface area contributed by atoms with Gasteiger partial charge in [-0.1, -0.05) is 63.1 Å². The maximum absolute atomic E-state index is 14.2. The molecule has 45 heavy (non-hydrogen) atoms. The van der Waals surface area contributed by atoms with E-state index in [-0.39, 0.29) is 42.5 Å². The number of nitrogens with zero attached hydrogens (tertiary/aromatic N) is 3. The molecule has 6 rings (SSSR count). The third-order valence-electron chi connectivity index (χ3n) is 8.97. The van der Waals surface area contributed by atoms with Crippen LogP contribution >= 0.6 is 11.3 Å². The molecule has 11 nitrogen and oxygen atoms in total. The predicted molar refractivity (Wildman–Crippen MR) is 171 cm³/mol. The number of carbonyl (C=O) groups is 4. The number of anilines is 1. The second-order valence-corrected chi connectivity index (χ2v) is 12.6. The van der Waals surface area contributed by atoms with Crippen LogP contribution in [-0.4, -0.2) is 57.2 Å². The van der Waals surface area contributed by atoms with Crippen molar-refractivity contribution in [2.24, 2.45) is 5.92 Å². The van der Waals surface area contributed by atoms with Crippen LogP contribution in [0.2, 0.25) is 0 Å². The highest BCUT2D eigenvalue weighted by Crippen LogP contribution is 2.39. The third kappa shape index (κ3) is 6.19. The number of carbonyl (C=O) groups excluding carboxylic acids is 4. The molecule has 12 heteroatoms. The van der Waals surface area contributed by atoms with Gasteiger partial charge in [-0.2, -0.15) is 15.4 Å². The Hall–Kier alpha value is -4.58. The third-order valence-corrected chi connectivity index (χ3v) is 9.98. The molecule has 4 aromatic rings. The lowest BCUT2D eigenvalue weighted by Gasteiger charge is -2.30. The number of H-pyrrole nitrogens is 1. The molecule has 0 saturated heterocycles. The highest BCUT2D eigenvalue weighted by atomic mass is 32.1. The normalized spacial score (nSPS) is 18.0. The van der Waals surface area contributed by atoms with Crippen LogP contribution in [0.3, 0.4) is 0 Å². The van der Waals surface area contributed by atoms with E-state index in [1.165, 1.54) is 6.20 Å². The van der Waals surface area contributed by atoms with E-state index in [1.54, 1.807) is 16.2 Å². The van der Waals surface area contributed by atoms with E-state index in [9.17, 15) is 19.2 Å². The molecular formula is C33H37N7O4S. The van der Waals surface area contributed by atoms with Crippen molar-refractivity contribution in [2.45, 2.75) is 77.0 Å². The highest BCUT2D eigenvalue weighted by molar-refractivity contribution is 7.17. The average Bonchev–Trinajstić information content (AvgIpc) is 3.79. The van der Waals surface area contributed by atoms with E-state index >= 15 is 0 Å². The van der Waals surface area contributed by atoms with Crippen molar-refractivity contribution in [3.05, 3.63) is 76.4 Å². The Bertz CT molecular complexity index is 1710. The number of hydrogen-bond acceptors (Lipinski definition) is 7. The van der Waals surface area contributed by atoms with Crippen molar-refractivity contribution in [3.8, 4) is 0 Å². The summed E-state index contributed by atoms with van der Waals surface area (Å²) in [5.41, 5.74) is 4.16. The molecule has 4 N–H and O–H groups in total. The topological polar surface area (TPSA) is 149 Å². The van der Waals surface area contributed by atoms with Crippen LogP contribution in [0.15, 0.2) is 54.0 Å². The number of para-hydroxylation sites is 1. The number of aryl methyl sites for hydroxylation is 1. The number of aromatic amines is 1. The van der Waals surface area contributed by atoms with Crippen LogP contribution in [0.4, 0.5) is 5.69 Å². The highest BCUT2D eigenvalue weighted by Gasteiger charge is 2.44. The largest absolute Gasteiger partial charge is 0.348 e. The Balaban J connectivity index is 1.19. The van der Waals surface area contributed by atoms with Gasteiger partial charge < -0.3 is 16.0 Å². The Morgan fingerprint density at radius 3 is 2.67 bits per heavy atom. The molecule has 0 radical (unpaired) electrons. The molecule has 2 aromatic carbocycles. The van der Waals surface area contributed by atoms with E-state index in [2.05, 4.69) is 31.4 Å². The fourth-order valence-corrected chi connectivity index (χ4v) is 7.53. The van der Waals surface area contributed by atoms with Crippen LogP contribution < -0.4 is 20.9 Å². The number of thiophene rings is 1. The van der Waals surface area contributed by atoms with E-state index in [1.807, 2.05) is 61.7 Å². The molecule has 3 atom stereocenters. The lowest BCUT2D eigenvalue weighted by Crippen LogP contribution is -2.58. The van der Waals surface area contributed by atoms with Crippen molar-refractivity contribution in [1.82, 2.24) is 31.4 Å². The maximum atomic E-state index is 14.2. The number of fused-ring (bicyclic) bond motifs is 1. The summed E-state index contributed by atoms with van der Waals surface area (Å²) in [5, 5.41) is 22.2. The smallest absolute Gasteiger partial charge is 0.250 e. The molecule has 0 spiro atoms. The Kier molecular flexibility index (Phi) is 8.92. The van der Waals surface area contributed by atoms with Crippen LogP contribution in [0.1, 0.15) is 55.5 Å². The minimum absolute atomic E-state index is 0.111. The number of nitrogens with one attached hydrogen (secondary N) is 4. The zero-order valence-electron chi connectivity index (χ0n) is 25.3. The molecule has 2 aliphatic rings. The first-order valence-corrected chi connectivity index (χ1v) is 16.4. The van der Waals surface area contributed by atoms with Gasteiger partial charge in [-0.25, -0.2) is 0 Å². The number of benzene rings is 2. The Morgan fingerprint density at radius 2 is 1.89 bits per heavy atom. The first kappa shape index (κ1) is 30.4. The molecule has 4 heterocycles. The monoisotopic (exact) mass is 627 g/mol. The van der Waals surface area contributed by atoms with Gasteiger partial charge in [0, 0.05) is 11.1 Å². The Labute approximate surface area is 265 Å². The minimum atomic E-state index is -0.851. The zero-order chi connectivity index (χ0) is 31.5. The van der Waals surface area contributed by atoms with E-state index < -0.39 is 18.1 Å². The van der Waals surface area contributed by atoms with Gasteiger partial charge in [0.05, 0.1) is 24.8 Å². The molecule has 234 valence electrons. The van der Waals surface area contributed by atoms with Crippen LogP contribution in [0.5, 0.6) is 0 Å². The predicted octanol–water partition coefficient (Wildman–Crippen LogP) is 3.19. The van der Waals surface area contributed by atoms with Gasteiger partial charge in [-0.15, -0.1) is 11.3 Å². The summed E-state index contributed by atoms with van der Waals surface area (Å²) in [4.78, 5) is 56.4. The number of amides is 4. The van der Waals surface area contributed by atoms with Gasteiger partial charge >= 0.3 is 0 Å². The van der Waals surface area contributed by atoms with Crippen LogP contribution in [0.25, 0.3) is 10.1 Å². The molecule has 0 bridgehead atoms. The lowest BCUT2D eigenvalue weighted by molar-refractivity contribution is -0.133. The van der Waals surface area contributed by atoms with Gasteiger partial charge in [-0.3, -0.25) is 24.1 Å². The van der Waals surface area contributed by atoms with Gasteiger partial charge in [0.25, 0.3) is 0 Å². The molecule has 4 amide bonds. The lowest BCUT2D eigenvalue weighted by atomic mass is 9.92. The number of hydrogen-bond donors (Lipinski definition) is 4. The summed E-state index contributed by atoms with van der Waals surface area (Å²) in [6.07, 6.45) is 4.39. The summed E-state index contributed by atoms with van der Waals surface area (Å²) in [6.45, 7) is 4.16. The summed E-state index contributed by atoms with van der Waals surface area (Å²) in [5.74, 6) is -1.36. The Morgan fingerprint density at radius 1 is 1.09 bits per heavy atom. The zero-order valence-corrected chi connectivity index (χ0v) is 26.2. The number of rotatable bonds is 11. The molecule has 0 saturated carbocycles.